The maximum absolute atomic E-state index is 4.44. The lowest BCUT2D eigenvalue weighted by Crippen LogP contribution is -2.30. The van der Waals surface area contributed by atoms with Crippen molar-refractivity contribution in [2.45, 2.75) is 59.4 Å². The minimum atomic E-state index is 0.515. The van der Waals surface area contributed by atoms with E-state index in [2.05, 4.69) is 29.1 Å². The van der Waals surface area contributed by atoms with Gasteiger partial charge in [-0.25, -0.2) is 9.97 Å². The molecule has 0 aromatic carbocycles. The van der Waals surface area contributed by atoms with Crippen molar-refractivity contribution in [1.29, 1.82) is 0 Å². The van der Waals surface area contributed by atoms with Crippen LogP contribution in [0.25, 0.3) is 0 Å². The maximum Gasteiger partial charge on any atom is 0.223 e. The number of nitrogens with one attached hydrogen (secondary N) is 1. The Morgan fingerprint density at radius 1 is 1.12 bits per heavy atom. The molecule has 0 aliphatic heterocycles. The van der Waals surface area contributed by atoms with Gasteiger partial charge in [-0.15, -0.1) is 0 Å². The molecule has 1 N–H and O–H groups in total. The van der Waals surface area contributed by atoms with Crippen LogP contribution in [0.15, 0.2) is 6.07 Å². The third kappa shape index (κ3) is 3.42. The van der Waals surface area contributed by atoms with Crippen molar-refractivity contribution in [2.24, 2.45) is 5.41 Å². The first-order valence-corrected chi connectivity index (χ1v) is 6.53. The van der Waals surface area contributed by atoms with Crippen LogP contribution in [0.2, 0.25) is 0 Å². The third-order valence-corrected chi connectivity index (χ3v) is 3.65. The van der Waals surface area contributed by atoms with E-state index in [9.17, 15) is 0 Å². The van der Waals surface area contributed by atoms with Gasteiger partial charge < -0.3 is 5.32 Å². The predicted octanol–water partition coefficient (Wildman–Crippen LogP) is 3.47. The molecular formula is C14H23N3. The standard InChI is InChI=1S/C14H23N3/c1-10-9-11(2)16-13(15-10)17-12-5-7-14(3,4)8-6-12/h9,12H,5-8H2,1-4H3,(H,15,16,17). The Kier molecular flexibility index (Phi) is 3.36. The Morgan fingerprint density at radius 2 is 1.65 bits per heavy atom. The van der Waals surface area contributed by atoms with Crippen LogP contribution in [-0.2, 0) is 0 Å². The highest BCUT2D eigenvalue weighted by atomic mass is 15.1. The molecule has 94 valence electrons. The number of hydrogen-bond acceptors (Lipinski definition) is 3. The number of aromatic nitrogens is 2. The molecule has 3 nitrogen and oxygen atoms in total. The summed E-state index contributed by atoms with van der Waals surface area (Å²) >= 11 is 0. The van der Waals surface area contributed by atoms with E-state index in [4.69, 9.17) is 0 Å². The van der Waals surface area contributed by atoms with E-state index in [-0.39, 0.29) is 0 Å². The summed E-state index contributed by atoms with van der Waals surface area (Å²) in [5, 5.41) is 3.48. The molecule has 0 saturated heterocycles. The number of aryl methyl sites for hydroxylation is 2. The molecule has 0 unspecified atom stereocenters. The van der Waals surface area contributed by atoms with E-state index in [0.717, 1.165) is 17.3 Å². The minimum Gasteiger partial charge on any atom is -0.351 e. The van der Waals surface area contributed by atoms with E-state index in [1.54, 1.807) is 0 Å². The summed E-state index contributed by atoms with van der Waals surface area (Å²) in [6, 6.07) is 2.55. The van der Waals surface area contributed by atoms with Crippen LogP contribution in [0.4, 0.5) is 5.95 Å². The fourth-order valence-corrected chi connectivity index (χ4v) is 2.52. The Morgan fingerprint density at radius 3 is 2.18 bits per heavy atom. The second-order valence-electron chi connectivity index (χ2n) is 6.06. The maximum atomic E-state index is 4.44. The summed E-state index contributed by atoms with van der Waals surface area (Å²) in [5.41, 5.74) is 2.59. The number of anilines is 1. The summed E-state index contributed by atoms with van der Waals surface area (Å²) in [6.07, 6.45) is 5.03. The number of rotatable bonds is 2. The smallest absolute Gasteiger partial charge is 0.223 e. The van der Waals surface area contributed by atoms with Gasteiger partial charge in [0.05, 0.1) is 0 Å². The molecular weight excluding hydrogens is 210 g/mol. The van der Waals surface area contributed by atoms with Gasteiger partial charge >= 0.3 is 0 Å². The van der Waals surface area contributed by atoms with Gasteiger partial charge in [-0.1, -0.05) is 13.8 Å². The molecule has 1 fully saturated rings. The quantitative estimate of drug-likeness (QED) is 0.850. The molecule has 0 amide bonds. The lowest BCUT2D eigenvalue weighted by atomic mass is 9.76. The largest absolute Gasteiger partial charge is 0.351 e. The Balaban J connectivity index is 1.97. The Bertz CT molecular complexity index is 368. The molecule has 3 heteroatoms. The Hall–Kier alpha value is -1.12. The van der Waals surface area contributed by atoms with Crippen molar-refractivity contribution < 1.29 is 0 Å². The van der Waals surface area contributed by atoms with E-state index in [1.807, 2.05) is 19.9 Å². The summed E-state index contributed by atoms with van der Waals surface area (Å²) in [6.45, 7) is 8.75. The lowest BCUT2D eigenvalue weighted by molar-refractivity contribution is 0.232. The monoisotopic (exact) mass is 233 g/mol. The molecule has 0 radical (unpaired) electrons. The van der Waals surface area contributed by atoms with E-state index in [1.165, 1.54) is 25.7 Å². The topological polar surface area (TPSA) is 37.8 Å². The lowest BCUT2D eigenvalue weighted by Gasteiger charge is -2.34. The second kappa shape index (κ2) is 4.63. The van der Waals surface area contributed by atoms with Crippen molar-refractivity contribution in [3.8, 4) is 0 Å². The van der Waals surface area contributed by atoms with Crippen LogP contribution < -0.4 is 5.32 Å². The number of hydrogen-bond donors (Lipinski definition) is 1. The fraction of sp³-hybridized carbons (Fsp3) is 0.714. The van der Waals surface area contributed by atoms with Gasteiger partial charge in [-0.3, -0.25) is 0 Å². The van der Waals surface area contributed by atoms with Gasteiger partial charge in [0.1, 0.15) is 0 Å². The van der Waals surface area contributed by atoms with Gasteiger partial charge in [-0.05, 0) is 51.0 Å². The average molecular weight is 233 g/mol. The molecule has 1 saturated carbocycles. The molecule has 1 aliphatic carbocycles. The molecule has 2 rings (SSSR count). The van der Waals surface area contributed by atoms with Crippen molar-refractivity contribution in [3.05, 3.63) is 17.5 Å². The Labute approximate surface area is 104 Å². The molecule has 1 heterocycles. The van der Waals surface area contributed by atoms with Crippen LogP contribution in [0.3, 0.4) is 0 Å². The minimum absolute atomic E-state index is 0.515. The zero-order chi connectivity index (χ0) is 12.5. The summed E-state index contributed by atoms with van der Waals surface area (Å²) < 4.78 is 0. The summed E-state index contributed by atoms with van der Waals surface area (Å²) in [7, 11) is 0. The van der Waals surface area contributed by atoms with E-state index < -0.39 is 0 Å². The highest BCUT2D eigenvalue weighted by Crippen LogP contribution is 2.35. The molecule has 1 aliphatic rings. The summed E-state index contributed by atoms with van der Waals surface area (Å²) in [5.74, 6) is 0.798. The second-order valence-corrected chi connectivity index (χ2v) is 6.06. The van der Waals surface area contributed by atoms with Gasteiger partial charge in [0.25, 0.3) is 0 Å². The highest BCUT2D eigenvalue weighted by molar-refractivity contribution is 5.29. The van der Waals surface area contributed by atoms with Crippen LogP contribution in [0.1, 0.15) is 50.9 Å². The SMILES string of the molecule is Cc1cc(C)nc(NC2CCC(C)(C)CC2)n1. The molecule has 1 aromatic heterocycles. The van der Waals surface area contributed by atoms with Crippen LogP contribution in [-0.4, -0.2) is 16.0 Å². The highest BCUT2D eigenvalue weighted by Gasteiger charge is 2.26. The van der Waals surface area contributed by atoms with Crippen molar-refractivity contribution in [1.82, 2.24) is 9.97 Å². The zero-order valence-corrected chi connectivity index (χ0v) is 11.4. The molecule has 0 atom stereocenters. The van der Waals surface area contributed by atoms with E-state index >= 15 is 0 Å². The third-order valence-electron chi connectivity index (χ3n) is 3.65. The molecule has 0 spiro atoms. The van der Waals surface area contributed by atoms with Crippen molar-refractivity contribution in [2.75, 3.05) is 5.32 Å². The van der Waals surface area contributed by atoms with Crippen LogP contribution in [0, 0.1) is 19.3 Å². The van der Waals surface area contributed by atoms with Crippen molar-refractivity contribution in [3.63, 3.8) is 0 Å². The molecule has 17 heavy (non-hydrogen) atoms. The average Bonchev–Trinajstić information content (AvgIpc) is 2.20. The van der Waals surface area contributed by atoms with Gasteiger partial charge in [-0.2, -0.15) is 0 Å². The van der Waals surface area contributed by atoms with Gasteiger partial charge in [0.15, 0.2) is 0 Å². The number of nitrogens with zero attached hydrogens (tertiary/aromatic N) is 2. The predicted molar refractivity (Wildman–Crippen MR) is 71.2 cm³/mol. The first-order valence-electron chi connectivity index (χ1n) is 6.53. The van der Waals surface area contributed by atoms with Crippen molar-refractivity contribution >= 4 is 5.95 Å². The zero-order valence-electron chi connectivity index (χ0n) is 11.4. The van der Waals surface area contributed by atoms with Crippen LogP contribution >= 0.6 is 0 Å². The normalized spacial score (nSPS) is 20.2. The fourth-order valence-electron chi connectivity index (χ4n) is 2.52. The van der Waals surface area contributed by atoms with Gasteiger partial charge in [0, 0.05) is 17.4 Å². The van der Waals surface area contributed by atoms with Crippen LogP contribution in [0.5, 0.6) is 0 Å². The molecule has 1 aromatic rings. The van der Waals surface area contributed by atoms with Gasteiger partial charge in [0.2, 0.25) is 5.95 Å². The first kappa shape index (κ1) is 12.3. The molecule has 0 bridgehead atoms. The summed E-state index contributed by atoms with van der Waals surface area (Å²) in [4.78, 5) is 8.88. The van der Waals surface area contributed by atoms with E-state index in [0.29, 0.717) is 11.5 Å². The first-order chi connectivity index (χ1) is 7.94.